The first-order chi connectivity index (χ1) is 33.2. The van der Waals surface area contributed by atoms with Gasteiger partial charge in [-0.2, -0.15) is 0 Å². The molecule has 1 nitrogen and oxygen atoms in total. The molecule has 1 spiro atoms. The molecule has 0 fully saturated rings. The molecule has 0 radical (unpaired) electrons. The number of anilines is 3. The Morgan fingerprint density at radius 3 is 1.39 bits per heavy atom. The lowest BCUT2D eigenvalue weighted by molar-refractivity contribution is 0.793. The van der Waals surface area contributed by atoms with Crippen LogP contribution in [0.25, 0.3) is 96.6 Å². The van der Waals surface area contributed by atoms with Gasteiger partial charge in [-0.25, -0.2) is 0 Å². The SMILES string of the molecule is c1ccc2c(c1)-c1ccccc1C21c2ccccc2-c2ccc(N(c3ccc(-c4cccc5c4sc4cc6ccccc6cc45)cc3)c3ccc4c5ccccc5c5ccccc5c4c3)cc21. The quantitative estimate of drug-likeness (QED) is 0.159. The molecule has 0 N–H and O–H groups in total. The van der Waals surface area contributed by atoms with Crippen molar-refractivity contribution in [1.29, 1.82) is 0 Å². The largest absolute Gasteiger partial charge is 0.310 e. The molecule has 1 heterocycles. The van der Waals surface area contributed by atoms with Crippen LogP contribution in [-0.4, -0.2) is 0 Å². The van der Waals surface area contributed by atoms with Crippen molar-refractivity contribution in [1.82, 2.24) is 0 Å². The van der Waals surface area contributed by atoms with Crippen LogP contribution in [-0.2, 0) is 5.41 Å². The van der Waals surface area contributed by atoms with Gasteiger partial charge in [-0.15, -0.1) is 11.3 Å². The maximum Gasteiger partial charge on any atom is 0.0726 e. The first kappa shape index (κ1) is 37.0. The van der Waals surface area contributed by atoms with Gasteiger partial charge in [0.1, 0.15) is 0 Å². The summed E-state index contributed by atoms with van der Waals surface area (Å²) in [6, 6.07) is 88.9. The van der Waals surface area contributed by atoms with Gasteiger partial charge in [0.2, 0.25) is 0 Å². The van der Waals surface area contributed by atoms with E-state index in [0.29, 0.717) is 0 Å². The van der Waals surface area contributed by atoms with Crippen molar-refractivity contribution in [2.45, 2.75) is 5.41 Å². The molecule has 0 aliphatic heterocycles. The van der Waals surface area contributed by atoms with E-state index in [2.05, 4.69) is 241 Å². The molecule has 2 heteroatoms. The van der Waals surface area contributed by atoms with E-state index in [1.165, 1.54) is 119 Å². The molecule has 15 rings (SSSR count). The molecule has 2 aliphatic rings. The van der Waals surface area contributed by atoms with Crippen LogP contribution < -0.4 is 4.90 Å². The van der Waals surface area contributed by atoms with Gasteiger partial charge >= 0.3 is 0 Å². The maximum absolute atomic E-state index is 2.51. The maximum atomic E-state index is 2.51. The number of benzene rings is 12. The summed E-state index contributed by atoms with van der Waals surface area (Å²) in [5, 5.41) is 12.8. The van der Waals surface area contributed by atoms with Crippen molar-refractivity contribution < 1.29 is 0 Å². The first-order valence-electron chi connectivity index (χ1n) is 23.2. The highest BCUT2D eigenvalue weighted by Gasteiger charge is 2.51. The molecule has 0 amide bonds. The molecule has 0 saturated carbocycles. The van der Waals surface area contributed by atoms with E-state index in [0.717, 1.165) is 17.1 Å². The molecule has 0 bridgehead atoms. The zero-order valence-corrected chi connectivity index (χ0v) is 37.2. The summed E-state index contributed by atoms with van der Waals surface area (Å²) in [6.07, 6.45) is 0. The molecule has 13 aromatic rings. The van der Waals surface area contributed by atoms with E-state index in [1.807, 2.05) is 11.3 Å². The molecule has 310 valence electrons. The Bertz CT molecular complexity index is 4130. The van der Waals surface area contributed by atoms with E-state index in [4.69, 9.17) is 0 Å². The number of rotatable bonds is 4. The summed E-state index contributed by atoms with van der Waals surface area (Å²) in [5.41, 5.74) is 16.0. The lowest BCUT2D eigenvalue weighted by Crippen LogP contribution is -2.26. The van der Waals surface area contributed by atoms with Crippen molar-refractivity contribution in [3.05, 3.63) is 259 Å². The summed E-state index contributed by atoms with van der Waals surface area (Å²) < 4.78 is 2.65. The predicted molar refractivity (Wildman–Crippen MR) is 286 cm³/mol. The van der Waals surface area contributed by atoms with Crippen molar-refractivity contribution in [2.24, 2.45) is 0 Å². The lowest BCUT2D eigenvalue weighted by atomic mass is 9.70. The number of nitrogens with zero attached hydrogens (tertiary/aromatic N) is 1. The van der Waals surface area contributed by atoms with Gasteiger partial charge in [-0.3, -0.25) is 0 Å². The van der Waals surface area contributed by atoms with Crippen molar-refractivity contribution in [3.8, 4) is 33.4 Å². The van der Waals surface area contributed by atoms with E-state index in [1.54, 1.807) is 0 Å². The van der Waals surface area contributed by atoms with Gasteiger partial charge < -0.3 is 4.90 Å². The fourth-order valence-electron chi connectivity index (χ4n) is 12.2. The third-order valence-electron chi connectivity index (χ3n) is 15.0. The number of fused-ring (bicyclic) bond motifs is 20. The van der Waals surface area contributed by atoms with E-state index >= 15 is 0 Å². The Labute approximate surface area is 392 Å². The summed E-state index contributed by atoms with van der Waals surface area (Å²) in [4.78, 5) is 2.49. The van der Waals surface area contributed by atoms with Gasteiger partial charge in [0.05, 0.1) is 5.41 Å². The van der Waals surface area contributed by atoms with Crippen molar-refractivity contribution in [2.75, 3.05) is 4.90 Å². The average molecular weight is 866 g/mol. The summed E-state index contributed by atoms with van der Waals surface area (Å²) >= 11 is 1.90. The van der Waals surface area contributed by atoms with Gasteiger partial charge in [-0.1, -0.05) is 188 Å². The summed E-state index contributed by atoms with van der Waals surface area (Å²) in [6.45, 7) is 0. The number of hydrogen-bond acceptors (Lipinski definition) is 2. The van der Waals surface area contributed by atoms with E-state index < -0.39 is 5.41 Å². The molecule has 67 heavy (non-hydrogen) atoms. The fourth-order valence-corrected chi connectivity index (χ4v) is 13.5. The highest BCUT2D eigenvalue weighted by atomic mass is 32.1. The Morgan fingerprint density at radius 2 is 0.746 bits per heavy atom. The monoisotopic (exact) mass is 865 g/mol. The highest BCUT2D eigenvalue weighted by Crippen LogP contribution is 2.63. The molecule has 0 unspecified atom stereocenters. The molecule has 0 atom stereocenters. The van der Waals surface area contributed by atoms with Crippen molar-refractivity contribution >= 4 is 91.7 Å². The van der Waals surface area contributed by atoms with Crippen molar-refractivity contribution in [3.63, 3.8) is 0 Å². The third kappa shape index (κ3) is 5.08. The van der Waals surface area contributed by atoms with Gasteiger partial charge in [0.25, 0.3) is 0 Å². The zero-order chi connectivity index (χ0) is 43.8. The number of thiophene rings is 1. The van der Waals surface area contributed by atoms with Gasteiger partial charge in [0.15, 0.2) is 0 Å². The smallest absolute Gasteiger partial charge is 0.0726 e. The van der Waals surface area contributed by atoms with Crippen LogP contribution in [0.4, 0.5) is 17.1 Å². The topological polar surface area (TPSA) is 3.24 Å². The first-order valence-corrected chi connectivity index (χ1v) is 24.1. The minimum absolute atomic E-state index is 0.446. The van der Waals surface area contributed by atoms with E-state index in [9.17, 15) is 0 Å². The highest BCUT2D eigenvalue weighted by molar-refractivity contribution is 7.26. The van der Waals surface area contributed by atoms with Crippen LogP contribution in [0.3, 0.4) is 0 Å². The Hall–Kier alpha value is -8.30. The van der Waals surface area contributed by atoms with Crippen LogP contribution >= 0.6 is 11.3 Å². The molecule has 2 aliphatic carbocycles. The normalized spacial score (nSPS) is 13.2. The second-order valence-corrected chi connectivity index (χ2v) is 19.4. The summed E-state index contributed by atoms with van der Waals surface area (Å²) in [5.74, 6) is 0. The number of hydrogen-bond donors (Lipinski definition) is 0. The second-order valence-electron chi connectivity index (χ2n) is 18.3. The van der Waals surface area contributed by atoms with Crippen LogP contribution in [0.2, 0.25) is 0 Å². The minimum atomic E-state index is -0.446. The Balaban J connectivity index is 0.958. The average Bonchev–Trinajstić information content (AvgIpc) is 4.02. The van der Waals surface area contributed by atoms with Gasteiger partial charge in [0, 0.05) is 37.2 Å². The zero-order valence-electron chi connectivity index (χ0n) is 36.4. The molecule has 12 aromatic carbocycles. The molecular formula is C65H39NS. The standard InChI is InChI=1S/C65H39NS/c1-2-15-42-37-63-58(36-41(42)14-1)56-24-13-23-46(64(56)67-63)40-28-30-43(31-29-40)66(44-32-34-51-49-18-4-3-16-47(49)48-17-5-6-19-50(48)57(51)38-44)45-33-35-55-54-22-9-12-27-61(54)65(62(55)39-45)59-25-10-7-20-52(59)53-21-8-11-26-60(53)65/h1-39H. The van der Waals surface area contributed by atoms with Crippen LogP contribution in [0.5, 0.6) is 0 Å². The van der Waals surface area contributed by atoms with E-state index in [-0.39, 0.29) is 0 Å². The Kier molecular flexibility index (Phi) is 7.65. The summed E-state index contributed by atoms with van der Waals surface area (Å²) in [7, 11) is 0. The van der Waals surface area contributed by atoms with Gasteiger partial charge in [-0.05, 0) is 147 Å². The predicted octanol–water partition coefficient (Wildman–Crippen LogP) is 18.1. The minimum Gasteiger partial charge on any atom is -0.310 e. The van der Waals surface area contributed by atoms with Crippen LogP contribution in [0, 0.1) is 0 Å². The van der Waals surface area contributed by atoms with Crippen LogP contribution in [0.1, 0.15) is 22.3 Å². The molecular weight excluding hydrogens is 827 g/mol. The lowest BCUT2D eigenvalue weighted by Gasteiger charge is -2.32. The van der Waals surface area contributed by atoms with Crippen LogP contribution in [0.15, 0.2) is 237 Å². The molecule has 0 saturated heterocycles. The molecule has 1 aromatic heterocycles. The fraction of sp³-hybridized carbons (Fsp3) is 0.0154. The Morgan fingerprint density at radius 1 is 0.284 bits per heavy atom. The second kappa shape index (κ2) is 13.9. The third-order valence-corrected chi connectivity index (χ3v) is 16.2.